The summed E-state index contributed by atoms with van der Waals surface area (Å²) in [6.45, 7) is 1.03. The first-order chi connectivity index (χ1) is 13.6. The van der Waals surface area contributed by atoms with Crippen LogP contribution in [0.2, 0.25) is 0 Å². The van der Waals surface area contributed by atoms with Crippen LogP contribution < -0.4 is 5.32 Å². The molecule has 8 heteroatoms. The molecule has 0 spiro atoms. The molecule has 0 saturated carbocycles. The fourth-order valence-electron chi connectivity index (χ4n) is 3.38. The molecule has 1 N–H and O–H groups in total. The lowest BCUT2D eigenvalue weighted by atomic mass is 10.1. The topological polar surface area (TPSA) is 80.1 Å². The summed E-state index contributed by atoms with van der Waals surface area (Å²) in [5, 5.41) is 11.4. The molecular weight excluding hydrogens is 361 g/mol. The lowest BCUT2D eigenvalue weighted by Crippen LogP contribution is -2.39. The molecule has 0 aliphatic carbocycles. The second-order valence-corrected chi connectivity index (χ2v) is 6.90. The van der Waals surface area contributed by atoms with Crippen molar-refractivity contribution < 1.29 is 14.0 Å². The van der Waals surface area contributed by atoms with Gasteiger partial charge >= 0.3 is 0 Å². The average molecular weight is 381 g/mol. The summed E-state index contributed by atoms with van der Waals surface area (Å²) in [6.07, 6.45) is 0.931. The van der Waals surface area contributed by atoms with Gasteiger partial charge in [0, 0.05) is 19.5 Å². The Hall–Kier alpha value is -3.29. The Balaban J connectivity index is 1.28. The normalized spacial score (nSPS) is 16.7. The van der Waals surface area contributed by atoms with Crippen molar-refractivity contribution in [3.63, 3.8) is 0 Å². The largest absolute Gasteiger partial charge is 0.349 e. The van der Waals surface area contributed by atoms with Crippen molar-refractivity contribution in [1.82, 2.24) is 25.2 Å². The van der Waals surface area contributed by atoms with E-state index in [4.69, 9.17) is 0 Å². The molecule has 2 aromatic carbocycles. The molecule has 1 aliphatic rings. The average Bonchev–Trinajstić information content (AvgIpc) is 3.23. The second-order valence-electron chi connectivity index (χ2n) is 6.90. The number of hydrogen-bond donors (Lipinski definition) is 1. The van der Waals surface area contributed by atoms with E-state index in [-0.39, 0.29) is 36.6 Å². The van der Waals surface area contributed by atoms with Crippen LogP contribution in [0, 0.1) is 5.82 Å². The molecule has 0 unspecified atom stereocenters. The quantitative estimate of drug-likeness (QED) is 0.702. The number of amides is 2. The Morgan fingerprint density at radius 1 is 1.11 bits per heavy atom. The number of benzene rings is 2. The van der Waals surface area contributed by atoms with Crippen molar-refractivity contribution in [1.29, 1.82) is 0 Å². The van der Waals surface area contributed by atoms with Crippen LogP contribution in [0.1, 0.15) is 12.0 Å². The number of rotatable bonds is 6. The molecule has 2 amide bonds. The molecule has 1 aliphatic heterocycles. The number of fused-ring (bicyclic) bond motifs is 1. The molecule has 0 bridgehead atoms. The molecule has 7 nitrogen and oxygen atoms in total. The summed E-state index contributed by atoms with van der Waals surface area (Å²) in [4.78, 5) is 27.6. The molecule has 2 heterocycles. The number of halogens is 1. The summed E-state index contributed by atoms with van der Waals surface area (Å²) >= 11 is 0. The molecule has 144 valence electrons. The number of nitrogens with one attached hydrogen (secondary N) is 1. The summed E-state index contributed by atoms with van der Waals surface area (Å²) < 4.78 is 13.0. The van der Waals surface area contributed by atoms with Gasteiger partial charge in [0.1, 0.15) is 23.4 Å². The Kier molecular flexibility index (Phi) is 5.01. The van der Waals surface area contributed by atoms with Crippen molar-refractivity contribution in [2.75, 3.05) is 13.1 Å². The number of nitrogens with zero attached hydrogens (tertiary/aromatic N) is 4. The molecule has 4 rings (SSSR count). The molecule has 1 atom stereocenters. The third-order valence-corrected chi connectivity index (χ3v) is 4.78. The van der Waals surface area contributed by atoms with Gasteiger partial charge in [-0.3, -0.25) is 9.59 Å². The van der Waals surface area contributed by atoms with Gasteiger partial charge in [0.05, 0.1) is 6.04 Å². The van der Waals surface area contributed by atoms with Crippen molar-refractivity contribution in [3.05, 3.63) is 59.9 Å². The number of carbonyl (C=O) groups excluding carboxylic acids is 2. The zero-order valence-electron chi connectivity index (χ0n) is 15.2. The van der Waals surface area contributed by atoms with Crippen molar-refractivity contribution >= 4 is 22.8 Å². The van der Waals surface area contributed by atoms with Crippen LogP contribution >= 0.6 is 0 Å². The highest BCUT2D eigenvalue weighted by Gasteiger charge is 2.30. The van der Waals surface area contributed by atoms with Gasteiger partial charge in [0.2, 0.25) is 11.8 Å². The Bertz CT molecular complexity index is 968. The first kappa shape index (κ1) is 18.1. The first-order valence-electron chi connectivity index (χ1n) is 9.18. The third-order valence-electron chi connectivity index (χ3n) is 4.78. The maximum atomic E-state index is 13.0. The van der Waals surface area contributed by atoms with Gasteiger partial charge in [0.15, 0.2) is 0 Å². The van der Waals surface area contributed by atoms with E-state index in [1.165, 1.54) is 16.9 Å². The van der Waals surface area contributed by atoms with Gasteiger partial charge in [0.25, 0.3) is 0 Å². The van der Waals surface area contributed by atoms with Gasteiger partial charge in [-0.15, -0.1) is 0 Å². The highest BCUT2D eigenvalue weighted by Crippen LogP contribution is 2.13. The van der Waals surface area contributed by atoms with E-state index in [9.17, 15) is 14.0 Å². The molecule has 1 fully saturated rings. The fourth-order valence-corrected chi connectivity index (χ4v) is 3.38. The summed E-state index contributed by atoms with van der Waals surface area (Å²) in [6, 6.07) is 13.5. The van der Waals surface area contributed by atoms with Crippen molar-refractivity contribution in [2.45, 2.75) is 25.4 Å². The smallest absolute Gasteiger partial charge is 0.243 e. The Morgan fingerprint density at radius 3 is 2.46 bits per heavy atom. The van der Waals surface area contributed by atoms with Crippen LogP contribution in [0.3, 0.4) is 0 Å². The molecule has 28 heavy (non-hydrogen) atoms. The highest BCUT2D eigenvalue weighted by molar-refractivity contribution is 5.82. The van der Waals surface area contributed by atoms with E-state index in [1.807, 2.05) is 24.3 Å². The van der Waals surface area contributed by atoms with Crippen LogP contribution in [0.4, 0.5) is 4.39 Å². The monoisotopic (exact) mass is 381 g/mol. The van der Waals surface area contributed by atoms with Crippen molar-refractivity contribution in [3.8, 4) is 0 Å². The highest BCUT2D eigenvalue weighted by atomic mass is 19.1. The summed E-state index contributed by atoms with van der Waals surface area (Å²) in [5.74, 6) is -0.489. The number of hydrogen-bond acceptors (Lipinski definition) is 4. The summed E-state index contributed by atoms with van der Waals surface area (Å²) in [5.41, 5.74) is 2.44. The number of likely N-dealkylation sites (tertiary alicyclic amines) is 1. The standard InChI is InChI=1S/C20H20FN5O2/c21-15-7-5-14(6-8-15)9-10-25-12-16(11-20(25)28)22-19(27)13-26-23-17-3-1-2-4-18(17)24-26/h1-8,16H,9-13H2,(H,22,27)/t16-/m1/s1. The maximum Gasteiger partial charge on any atom is 0.243 e. The zero-order chi connectivity index (χ0) is 19.5. The molecule has 0 radical (unpaired) electrons. The Labute approximate surface area is 161 Å². The van der Waals surface area contributed by atoms with Gasteiger partial charge in [-0.25, -0.2) is 4.39 Å². The maximum absolute atomic E-state index is 13.0. The SMILES string of the molecule is O=C(Cn1nc2ccccc2n1)N[C@@H]1CC(=O)N(CCc2ccc(F)cc2)C1. The molecule has 1 aromatic heterocycles. The minimum atomic E-state index is -0.275. The molecular formula is C20H20FN5O2. The van der Waals surface area contributed by atoms with Crippen LogP contribution in [0.15, 0.2) is 48.5 Å². The molecule has 3 aromatic rings. The van der Waals surface area contributed by atoms with E-state index < -0.39 is 0 Å². The van der Waals surface area contributed by atoms with E-state index in [1.54, 1.807) is 17.0 Å². The van der Waals surface area contributed by atoms with E-state index >= 15 is 0 Å². The van der Waals surface area contributed by atoms with Crippen LogP contribution in [0.5, 0.6) is 0 Å². The van der Waals surface area contributed by atoms with E-state index in [2.05, 4.69) is 15.5 Å². The predicted octanol–water partition coefficient (Wildman–Crippen LogP) is 1.53. The van der Waals surface area contributed by atoms with Gasteiger partial charge in [-0.1, -0.05) is 24.3 Å². The summed E-state index contributed by atoms with van der Waals surface area (Å²) in [7, 11) is 0. The Morgan fingerprint density at radius 2 is 1.79 bits per heavy atom. The number of carbonyl (C=O) groups is 2. The minimum Gasteiger partial charge on any atom is -0.349 e. The van der Waals surface area contributed by atoms with Crippen molar-refractivity contribution in [2.24, 2.45) is 0 Å². The van der Waals surface area contributed by atoms with Gasteiger partial charge in [-0.05, 0) is 36.2 Å². The lowest BCUT2D eigenvalue weighted by molar-refractivity contribution is -0.127. The van der Waals surface area contributed by atoms with Gasteiger partial charge < -0.3 is 10.2 Å². The third kappa shape index (κ3) is 4.16. The lowest BCUT2D eigenvalue weighted by Gasteiger charge is -2.17. The van der Waals surface area contributed by atoms with E-state index in [0.717, 1.165) is 16.6 Å². The van der Waals surface area contributed by atoms with Crippen LogP contribution in [0.25, 0.3) is 11.0 Å². The minimum absolute atomic E-state index is 0.00888. The predicted molar refractivity (Wildman–Crippen MR) is 101 cm³/mol. The van der Waals surface area contributed by atoms with E-state index in [0.29, 0.717) is 19.5 Å². The number of aromatic nitrogens is 3. The first-order valence-corrected chi connectivity index (χ1v) is 9.18. The fraction of sp³-hybridized carbons (Fsp3) is 0.300. The van der Waals surface area contributed by atoms with Gasteiger partial charge in [-0.2, -0.15) is 15.0 Å². The molecule has 1 saturated heterocycles. The second kappa shape index (κ2) is 7.75. The zero-order valence-corrected chi connectivity index (χ0v) is 15.2. The van der Waals surface area contributed by atoms with Crippen LogP contribution in [-0.4, -0.2) is 50.8 Å². The van der Waals surface area contributed by atoms with Crippen LogP contribution in [-0.2, 0) is 22.6 Å².